The molecule has 5 heteroatoms. The number of rotatable bonds is 3. The van der Waals surface area contributed by atoms with E-state index < -0.39 is 0 Å². The third-order valence-electron chi connectivity index (χ3n) is 5.39. The van der Waals surface area contributed by atoms with E-state index in [4.69, 9.17) is 4.74 Å². The molecule has 2 heterocycles. The standard InChI is InChI=1S/C18H28N4O/c1-12-7-5-9-20-14(12)11-21-17(19-4)22-15-13-8-6-10-23-16(13)18(15,2)3/h5,7,9,13,15-16H,6,8,10-11H2,1-4H3,(H2,19,21,22). The lowest BCUT2D eigenvalue weighted by Gasteiger charge is -2.60. The van der Waals surface area contributed by atoms with Gasteiger partial charge in [0.15, 0.2) is 5.96 Å². The molecule has 1 aromatic rings. The lowest BCUT2D eigenvalue weighted by atomic mass is 9.55. The van der Waals surface area contributed by atoms with Gasteiger partial charge in [0.25, 0.3) is 0 Å². The van der Waals surface area contributed by atoms with Crippen molar-refractivity contribution in [1.82, 2.24) is 15.6 Å². The van der Waals surface area contributed by atoms with Crippen LogP contribution in [-0.2, 0) is 11.3 Å². The van der Waals surface area contributed by atoms with Crippen LogP contribution in [0.15, 0.2) is 23.3 Å². The van der Waals surface area contributed by atoms with Crippen LogP contribution in [0.25, 0.3) is 0 Å². The Morgan fingerprint density at radius 3 is 3.04 bits per heavy atom. The normalized spacial score (nSPS) is 29.4. The van der Waals surface area contributed by atoms with E-state index in [1.165, 1.54) is 12.0 Å². The number of hydrogen-bond donors (Lipinski definition) is 2. The number of nitrogens with zero attached hydrogens (tertiary/aromatic N) is 2. The van der Waals surface area contributed by atoms with Gasteiger partial charge in [-0.05, 0) is 31.4 Å². The van der Waals surface area contributed by atoms with E-state index in [1.807, 2.05) is 19.3 Å². The van der Waals surface area contributed by atoms with Crippen molar-refractivity contribution < 1.29 is 4.74 Å². The lowest BCUT2D eigenvalue weighted by molar-refractivity contribution is -0.188. The van der Waals surface area contributed by atoms with Crippen LogP contribution in [0, 0.1) is 18.3 Å². The van der Waals surface area contributed by atoms with Gasteiger partial charge >= 0.3 is 0 Å². The highest BCUT2D eigenvalue weighted by Gasteiger charge is 2.58. The molecule has 1 saturated carbocycles. The first-order chi connectivity index (χ1) is 11.0. The predicted molar refractivity (Wildman–Crippen MR) is 92.3 cm³/mol. The van der Waals surface area contributed by atoms with Gasteiger partial charge in [-0.3, -0.25) is 9.98 Å². The van der Waals surface area contributed by atoms with E-state index >= 15 is 0 Å². The van der Waals surface area contributed by atoms with Crippen LogP contribution in [0.5, 0.6) is 0 Å². The molecule has 1 saturated heterocycles. The van der Waals surface area contributed by atoms with Crippen molar-refractivity contribution in [3.63, 3.8) is 0 Å². The van der Waals surface area contributed by atoms with E-state index in [1.54, 1.807) is 0 Å². The highest BCUT2D eigenvalue weighted by atomic mass is 16.5. The molecular formula is C18H28N4O. The van der Waals surface area contributed by atoms with Gasteiger partial charge in [0.1, 0.15) is 0 Å². The summed E-state index contributed by atoms with van der Waals surface area (Å²) in [5, 5.41) is 7.01. The minimum absolute atomic E-state index is 0.142. The van der Waals surface area contributed by atoms with Crippen LogP contribution in [0.3, 0.4) is 0 Å². The van der Waals surface area contributed by atoms with Crippen LogP contribution in [0.2, 0.25) is 0 Å². The summed E-state index contributed by atoms with van der Waals surface area (Å²) in [6.07, 6.45) is 4.61. The Bertz CT molecular complexity index is 584. The summed E-state index contributed by atoms with van der Waals surface area (Å²) in [5.74, 6) is 1.44. The zero-order valence-corrected chi connectivity index (χ0v) is 14.6. The minimum atomic E-state index is 0.142. The van der Waals surface area contributed by atoms with Gasteiger partial charge in [-0.25, -0.2) is 0 Å². The molecule has 0 spiro atoms. The Morgan fingerprint density at radius 2 is 2.30 bits per heavy atom. The van der Waals surface area contributed by atoms with E-state index in [-0.39, 0.29) is 5.41 Å². The number of aliphatic imine (C=N–C) groups is 1. The number of aryl methyl sites for hydroxylation is 1. The zero-order valence-electron chi connectivity index (χ0n) is 14.6. The van der Waals surface area contributed by atoms with Gasteiger partial charge < -0.3 is 15.4 Å². The maximum Gasteiger partial charge on any atom is 0.191 e. The van der Waals surface area contributed by atoms with Gasteiger partial charge in [0.2, 0.25) is 0 Å². The maximum atomic E-state index is 5.97. The van der Waals surface area contributed by atoms with Crippen molar-refractivity contribution in [2.45, 2.75) is 52.3 Å². The van der Waals surface area contributed by atoms with Gasteiger partial charge in [0.05, 0.1) is 18.3 Å². The molecule has 2 N–H and O–H groups in total. The minimum Gasteiger partial charge on any atom is -0.377 e. The van der Waals surface area contributed by atoms with E-state index in [2.05, 4.69) is 47.4 Å². The summed E-state index contributed by atoms with van der Waals surface area (Å²) in [6.45, 7) is 8.24. The van der Waals surface area contributed by atoms with Crippen molar-refractivity contribution in [3.05, 3.63) is 29.6 Å². The molecule has 5 nitrogen and oxygen atoms in total. The number of pyridine rings is 1. The van der Waals surface area contributed by atoms with Crippen LogP contribution >= 0.6 is 0 Å². The lowest BCUT2D eigenvalue weighted by Crippen LogP contribution is -2.71. The van der Waals surface area contributed by atoms with Crippen molar-refractivity contribution in [3.8, 4) is 0 Å². The largest absolute Gasteiger partial charge is 0.377 e. The second-order valence-electron chi connectivity index (χ2n) is 7.23. The predicted octanol–water partition coefficient (Wildman–Crippen LogP) is 2.26. The first-order valence-corrected chi connectivity index (χ1v) is 8.53. The Kier molecular flexibility index (Phi) is 4.57. The summed E-state index contributed by atoms with van der Waals surface area (Å²) >= 11 is 0. The van der Waals surface area contributed by atoms with Crippen LogP contribution in [0.4, 0.5) is 0 Å². The van der Waals surface area contributed by atoms with Gasteiger partial charge in [-0.1, -0.05) is 19.9 Å². The van der Waals surface area contributed by atoms with Crippen LogP contribution in [0.1, 0.15) is 37.9 Å². The average molecular weight is 316 g/mol. The first kappa shape index (κ1) is 16.2. The second-order valence-corrected chi connectivity index (χ2v) is 7.23. The fourth-order valence-corrected chi connectivity index (χ4v) is 4.03. The SMILES string of the molecule is CN=C(NCc1ncccc1C)NC1C2CCCOC2C1(C)C. The molecule has 1 aliphatic heterocycles. The quantitative estimate of drug-likeness (QED) is 0.663. The van der Waals surface area contributed by atoms with E-state index in [0.717, 1.165) is 24.7 Å². The maximum absolute atomic E-state index is 5.97. The van der Waals surface area contributed by atoms with E-state index in [0.29, 0.717) is 24.6 Å². The van der Waals surface area contributed by atoms with Gasteiger partial charge in [-0.2, -0.15) is 0 Å². The van der Waals surface area contributed by atoms with Crippen LogP contribution in [-0.4, -0.2) is 36.7 Å². The van der Waals surface area contributed by atoms with Gasteiger partial charge in [-0.15, -0.1) is 0 Å². The first-order valence-electron chi connectivity index (χ1n) is 8.53. The zero-order chi connectivity index (χ0) is 16.4. The molecule has 3 rings (SSSR count). The molecular weight excluding hydrogens is 288 g/mol. The summed E-state index contributed by atoms with van der Waals surface area (Å²) in [6, 6.07) is 4.45. The monoisotopic (exact) mass is 316 g/mol. The number of nitrogens with one attached hydrogen (secondary N) is 2. The molecule has 0 aromatic carbocycles. The smallest absolute Gasteiger partial charge is 0.191 e. The van der Waals surface area contributed by atoms with E-state index in [9.17, 15) is 0 Å². The van der Waals surface area contributed by atoms with Crippen molar-refractivity contribution in [2.75, 3.05) is 13.7 Å². The number of guanidine groups is 1. The molecule has 0 amide bonds. The van der Waals surface area contributed by atoms with Crippen molar-refractivity contribution in [1.29, 1.82) is 0 Å². The molecule has 3 atom stereocenters. The topological polar surface area (TPSA) is 58.5 Å². The molecule has 126 valence electrons. The fourth-order valence-electron chi connectivity index (χ4n) is 4.03. The third-order valence-corrected chi connectivity index (χ3v) is 5.39. The molecule has 3 unspecified atom stereocenters. The number of aromatic nitrogens is 1. The summed E-state index contributed by atoms with van der Waals surface area (Å²) in [5.41, 5.74) is 2.39. The molecule has 0 radical (unpaired) electrons. The number of ether oxygens (including phenoxy) is 1. The summed E-state index contributed by atoms with van der Waals surface area (Å²) < 4.78 is 5.97. The summed E-state index contributed by atoms with van der Waals surface area (Å²) in [4.78, 5) is 8.81. The molecule has 1 aromatic heterocycles. The van der Waals surface area contributed by atoms with Gasteiger partial charge in [0, 0.05) is 37.2 Å². The second kappa shape index (κ2) is 6.48. The summed E-state index contributed by atoms with van der Waals surface area (Å²) in [7, 11) is 1.82. The Morgan fingerprint density at radius 1 is 1.48 bits per heavy atom. The number of fused-ring (bicyclic) bond motifs is 1. The average Bonchev–Trinajstić information content (AvgIpc) is 2.56. The Balaban J connectivity index is 1.61. The van der Waals surface area contributed by atoms with Crippen molar-refractivity contribution >= 4 is 5.96 Å². The van der Waals surface area contributed by atoms with Crippen molar-refractivity contribution in [2.24, 2.45) is 16.3 Å². The third kappa shape index (κ3) is 3.07. The fraction of sp³-hybridized carbons (Fsp3) is 0.667. The molecule has 2 aliphatic rings. The Hall–Kier alpha value is -1.62. The molecule has 2 fully saturated rings. The van der Waals surface area contributed by atoms with Crippen LogP contribution < -0.4 is 10.6 Å². The Labute approximate surface area is 138 Å². The molecule has 23 heavy (non-hydrogen) atoms. The molecule has 0 bridgehead atoms. The number of hydrogen-bond acceptors (Lipinski definition) is 3. The highest BCUT2D eigenvalue weighted by Crippen LogP contribution is 2.51. The highest BCUT2D eigenvalue weighted by molar-refractivity contribution is 5.80. The molecule has 1 aliphatic carbocycles.